The van der Waals surface area contributed by atoms with Crippen molar-refractivity contribution in [2.45, 2.75) is 31.1 Å². The number of benzene rings is 1. The summed E-state index contributed by atoms with van der Waals surface area (Å²) < 4.78 is 33.5. The lowest BCUT2D eigenvalue weighted by atomic mass is 10.3. The van der Waals surface area contributed by atoms with Crippen LogP contribution in [0.5, 0.6) is 5.75 Å². The number of H-pyrrole nitrogens is 1. The minimum absolute atomic E-state index is 0.0188. The van der Waals surface area contributed by atoms with E-state index in [4.69, 9.17) is 4.74 Å². The fourth-order valence-corrected chi connectivity index (χ4v) is 3.90. The molecule has 0 saturated carbocycles. The second-order valence-electron chi connectivity index (χ2n) is 6.20. The summed E-state index contributed by atoms with van der Waals surface area (Å²) in [6.07, 6.45) is 4.11. The quantitative estimate of drug-likeness (QED) is 0.776. The molecule has 0 atom stereocenters. The summed E-state index contributed by atoms with van der Waals surface area (Å²) in [6, 6.07) is 8.25. The van der Waals surface area contributed by atoms with Gasteiger partial charge in [-0.05, 0) is 37.5 Å². The minimum atomic E-state index is -3.83. The molecule has 1 aliphatic heterocycles. The van der Waals surface area contributed by atoms with E-state index in [-0.39, 0.29) is 16.5 Å². The van der Waals surface area contributed by atoms with Crippen molar-refractivity contribution >= 4 is 21.6 Å². The standard InChI is InChI=1S/C18H23N3O4S/c1-2-11-25-17-8-4-3-7-15(17)20-26(23,24)14-12-16(19-13-14)18(22)21-9-5-6-10-21/h3-4,7-8,12-13,19-20H,2,5-6,9-11H2,1H3. The Hall–Kier alpha value is -2.48. The minimum Gasteiger partial charge on any atom is -0.491 e. The number of para-hydroxylation sites is 2. The van der Waals surface area contributed by atoms with E-state index in [1.54, 1.807) is 29.2 Å². The maximum absolute atomic E-state index is 12.7. The van der Waals surface area contributed by atoms with Crippen LogP contribution < -0.4 is 9.46 Å². The molecular weight excluding hydrogens is 354 g/mol. The van der Waals surface area contributed by atoms with Gasteiger partial charge in [-0.25, -0.2) is 8.42 Å². The van der Waals surface area contributed by atoms with Gasteiger partial charge in [-0.15, -0.1) is 0 Å². The first kappa shape index (κ1) is 18.3. The van der Waals surface area contributed by atoms with Gasteiger partial charge in [0.15, 0.2) is 0 Å². The molecule has 1 amide bonds. The molecule has 3 rings (SSSR count). The predicted octanol–water partition coefficient (Wildman–Crippen LogP) is 2.84. The van der Waals surface area contributed by atoms with Crippen LogP contribution in [0.2, 0.25) is 0 Å². The highest BCUT2D eigenvalue weighted by Crippen LogP contribution is 2.27. The average molecular weight is 377 g/mol. The Morgan fingerprint density at radius 2 is 2.00 bits per heavy atom. The Balaban J connectivity index is 1.78. The number of aromatic amines is 1. The van der Waals surface area contributed by atoms with Crippen LogP contribution in [-0.4, -0.2) is 43.9 Å². The zero-order chi connectivity index (χ0) is 18.6. The molecule has 140 valence electrons. The van der Waals surface area contributed by atoms with Gasteiger partial charge < -0.3 is 14.6 Å². The number of likely N-dealkylation sites (tertiary alicyclic amines) is 1. The van der Waals surface area contributed by atoms with Crippen LogP contribution in [0.1, 0.15) is 36.7 Å². The molecule has 0 spiro atoms. The van der Waals surface area contributed by atoms with Crippen LogP contribution >= 0.6 is 0 Å². The van der Waals surface area contributed by atoms with E-state index in [1.807, 2.05) is 6.92 Å². The van der Waals surface area contributed by atoms with Gasteiger partial charge in [-0.1, -0.05) is 19.1 Å². The largest absolute Gasteiger partial charge is 0.491 e. The number of hydrogen-bond acceptors (Lipinski definition) is 4. The summed E-state index contributed by atoms with van der Waals surface area (Å²) in [5, 5.41) is 0. The number of carbonyl (C=O) groups is 1. The number of nitrogens with zero attached hydrogens (tertiary/aromatic N) is 1. The number of nitrogens with one attached hydrogen (secondary N) is 2. The molecule has 2 aromatic rings. The first-order valence-electron chi connectivity index (χ1n) is 8.73. The molecule has 1 saturated heterocycles. The Morgan fingerprint density at radius 3 is 2.73 bits per heavy atom. The maximum Gasteiger partial charge on any atom is 0.270 e. The Bertz CT molecular complexity index is 870. The number of carbonyl (C=O) groups excluding carboxylic acids is 1. The van der Waals surface area contributed by atoms with Crippen molar-refractivity contribution in [3.8, 4) is 5.75 Å². The number of rotatable bonds is 7. The summed E-state index contributed by atoms with van der Waals surface area (Å²) in [4.78, 5) is 16.9. The van der Waals surface area contributed by atoms with Crippen LogP contribution in [0.25, 0.3) is 0 Å². The van der Waals surface area contributed by atoms with Crippen molar-refractivity contribution < 1.29 is 17.9 Å². The molecular formula is C18H23N3O4S. The van der Waals surface area contributed by atoms with E-state index in [0.29, 0.717) is 31.1 Å². The second-order valence-corrected chi connectivity index (χ2v) is 7.88. The number of anilines is 1. The lowest BCUT2D eigenvalue weighted by Gasteiger charge is -2.13. The number of hydrogen-bond donors (Lipinski definition) is 2. The molecule has 0 aliphatic carbocycles. The third-order valence-corrected chi connectivity index (χ3v) is 5.53. The van der Waals surface area contributed by atoms with Crippen LogP contribution in [0.4, 0.5) is 5.69 Å². The number of aromatic nitrogens is 1. The third-order valence-electron chi connectivity index (χ3n) is 4.18. The average Bonchev–Trinajstić information content (AvgIpc) is 3.32. The van der Waals surface area contributed by atoms with Crippen LogP contribution in [0.15, 0.2) is 41.4 Å². The van der Waals surface area contributed by atoms with Gasteiger partial charge in [0.2, 0.25) is 0 Å². The van der Waals surface area contributed by atoms with E-state index in [1.165, 1.54) is 12.3 Å². The molecule has 0 unspecified atom stereocenters. The highest BCUT2D eigenvalue weighted by atomic mass is 32.2. The monoisotopic (exact) mass is 377 g/mol. The summed E-state index contributed by atoms with van der Waals surface area (Å²) in [6.45, 7) is 3.89. The molecule has 0 bridgehead atoms. The zero-order valence-corrected chi connectivity index (χ0v) is 15.5. The van der Waals surface area contributed by atoms with Gasteiger partial charge in [0.1, 0.15) is 16.3 Å². The van der Waals surface area contributed by atoms with Gasteiger partial charge in [-0.2, -0.15) is 0 Å². The first-order valence-corrected chi connectivity index (χ1v) is 10.2. The Labute approximate surface area is 153 Å². The fourth-order valence-electron chi connectivity index (χ4n) is 2.84. The topological polar surface area (TPSA) is 91.5 Å². The summed E-state index contributed by atoms with van der Waals surface area (Å²) in [5.74, 6) is 0.303. The molecule has 26 heavy (non-hydrogen) atoms. The normalized spacial score (nSPS) is 14.4. The van der Waals surface area contributed by atoms with Crippen molar-refractivity contribution in [1.82, 2.24) is 9.88 Å². The molecule has 2 N–H and O–H groups in total. The molecule has 1 aliphatic rings. The van der Waals surface area contributed by atoms with Gasteiger partial charge in [0.05, 0.1) is 12.3 Å². The van der Waals surface area contributed by atoms with Gasteiger partial charge in [0, 0.05) is 19.3 Å². The zero-order valence-electron chi connectivity index (χ0n) is 14.7. The van der Waals surface area contributed by atoms with Crippen molar-refractivity contribution in [2.75, 3.05) is 24.4 Å². The first-order chi connectivity index (χ1) is 12.5. The highest BCUT2D eigenvalue weighted by Gasteiger charge is 2.24. The molecule has 0 radical (unpaired) electrons. The second kappa shape index (κ2) is 7.82. The highest BCUT2D eigenvalue weighted by molar-refractivity contribution is 7.92. The molecule has 7 nitrogen and oxygen atoms in total. The fraction of sp³-hybridized carbons (Fsp3) is 0.389. The van der Waals surface area contributed by atoms with E-state index in [0.717, 1.165) is 19.3 Å². The van der Waals surface area contributed by atoms with Gasteiger partial charge >= 0.3 is 0 Å². The summed E-state index contributed by atoms with van der Waals surface area (Å²) >= 11 is 0. The lowest BCUT2D eigenvalue weighted by molar-refractivity contribution is 0.0787. The number of ether oxygens (including phenoxy) is 1. The lowest BCUT2D eigenvalue weighted by Crippen LogP contribution is -2.27. The van der Waals surface area contributed by atoms with E-state index in [9.17, 15) is 13.2 Å². The van der Waals surface area contributed by atoms with Crippen LogP contribution in [0, 0.1) is 0 Å². The van der Waals surface area contributed by atoms with E-state index in [2.05, 4.69) is 9.71 Å². The number of amides is 1. The number of sulfonamides is 1. The van der Waals surface area contributed by atoms with E-state index < -0.39 is 10.0 Å². The van der Waals surface area contributed by atoms with Crippen molar-refractivity contribution in [3.05, 3.63) is 42.2 Å². The van der Waals surface area contributed by atoms with Crippen molar-refractivity contribution in [1.29, 1.82) is 0 Å². The van der Waals surface area contributed by atoms with Gasteiger partial charge in [-0.3, -0.25) is 9.52 Å². The predicted molar refractivity (Wildman–Crippen MR) is 99.0 cm³/mol. The molecule has 2 heterocycles. The summed E-state index contributed by atoms with van der Waals surface area (Å²) in [5.41, 5.74) is 0.650. The molecule has 1 aromatic heterocycles. The smallest absolute Gasteiger partial charge is 0.270 e. The molecule has 8 heteroatoms. The van der Waals surface area contributed by atoms with Gasteiger partial charge in [0.25, 0.3) is 15.9 Å². The van der Waals surface area contributed by atoms with Crippen molar-refractivity contribution in [2.24, 2.45) is 0 Å². The van der Waals surface area contributed by atoms with Crippen molar-refractivity contribution in [3.63, 3.8) is 0 Å². The SMILES string of the molecule is CCCOc1ccccc1NS(=O)(=O)c1c[nH]c(C(=O)N2CCCC2)c1. The Kier molecular flexibility index (Phi) is 5.51. The molecule has 1 aromatic carbocycles. The van der Waals surface area contributed by atoms with E-state index >= 15 is 0 Å². The maximum atomic E-state index is 12.7. The van der Waals surface area contributed by atoms with Crippen LogP contribution in [-0.2, 0) is 10.0 Å². The third kappa shape index (κ3) is 4.01. The summed E-state index contributed by atoms with van der Waals surface area (Å²) in [7, 11) is -3.83. The van der Waals surface area contributed by atoms with Crippen LogP contribution in [0.3, 0.4) is 0 Å². The Morgan fingerprint density at radius 1 is 1.27 bits per heavy atom. The molecule has 1 fully saturated rings.